The molecule has 112 valence electrons. The molecule has 1 aliphatic carbocycles. The molecule has 1 fully saturated rings. The van der Waals surface area contributed by atoms with Crippen molar-refractivity contribution in [1.29, 1.82) is 0 Å². The largest absolute Gasteiger partial charge is 0.369 e. The fourth-order valence-corrected chi connectivity index (χ4v) is 2.90. The molecule has 10 nitrogen and oxygen atoms in total. The van der Waals surface area contributed by atoms with E-state index < -0.39 is 34.5 Å². The summed E-state index contributed by atoms with van der Waals surface area (Å²) >= 11 is 0. The zero-order valence-corrected chi connectivity index (χ0v) is 10.5. The van der Waals surface area contributed by atoms with E-state index in [4.69, 9.17) is 21.9 Å². The SMILES string of the molecule is NC(=O)C1(C(N)=O)CCCCC1(C(=O)NO)C(=O)NO. The first-order valence-corrected chi connectivity index (χ1v) is 5.80. The first-order chi connectivity index (χ1) is 9.31. The standard InChI is InChI=1S/C10H16N4O6/c11-5(15)9(6(12)16)3-1-2-4-10(9,7(17)13-19)8(18)14-20/h19-20H,1-4H2,(H2,11,15)(H2,12,16)(H,13,17)(H,14,18). The Bertz CT molecular complexity index is 433. The molecule has 1 aliphatic rings. The highest BCUT2D eigenvalue weighted by Gasteiger charge is 2.69. The molecule has 8 N–H and O–H groups in total. The van der Waals surface area contributed by atoms with E-state index in [1.165, 1.54) is 11.0 Å². The van der Waals surface area contributed by atoms with E-state index in [1.807, 2.05) is 0 Å². The Kier molecular flexibility index (Phi) is 4.30. The number of nitrogens with one attached hydrogen (secondary N) is 2. The van der Waals surface area contributed by atoms with Crippen LogP contribution in [0, 0.1) is 10.8 Å². The summed E-state index contributed by atoms with van der Waals surface area (Å²) in [6, 6.07) is 0. The topological polar surface area (TPSA) is 185 Å². The molecule has 10 heteroatoms. The third kappa shape index (κ3) is 1.80. The van der Waals surface area contributed by atoms with Crippen LogP contribution in [0.25, 0.3) is 0 Å². The summed E-state index contributed by atoms with van der Waals surface area (Å²) in [6.07, 6.45) is 0.102. The Morgan fingerprint density at radius 1 is 0.800 bits per heavy atom. The molecule has 0 unspecified atom stereocenters. The molecule has 4 amide bonds. The van der Waals surface area contributed by atoms with Crippen LogP contribution in [0.4, 0.5) is 0 Å². The van der Waals surface area contributed by atoms with Gasteiger partial charge in [-0.2, -0.15) is 0 Å². The van der Waals surface area contributed by atoms with Crippen LogP contribution >= 0.6 is 0 Å². The Labute approximate surface area is 113 Å². The zero-order chi connectivity index (χ0) is 15.6. The fourth-order valence-electron chi connectivity index (χ4n) is 2.90. The monoisotopic (exact) mass is 288 g/mol. The third-order valence-corrected chi connectivity index (χ3v) is 3.90. The quantitative estimate of drug-likeness (QED) is 0.189. The summed E-state index contributed by atoms with van der Waals surface area (Å²) < 4.78 is 0. The molecule has 0 spiro atoms. The average molecular weight is 288 g/mol. The molecule has 0 aromatic rings. The van der Waals surface area contributed by atoms with Crippen molar-refractivity contribution in [3.8, 4) is 0 Å². The predicted molar refractivity (Wildman–Crippen MR) is 61.6 cm³/mol. The summed E-state index contributed by atoms with van der Waals surface area (Å²) in [4.78, 5) is 47.5. The molecule has 0 heterocycles. The molecule has 0 radical (unpaired) electrons. The summed E-state index contributed by atoms with van der Waals surface area (Å²) in [6.45, 7) is 0. The van der Waals surface area contributed by atoms with Gasteiger partial charge in [-0.25, -0.2) is 11.0 Å². The van der Waals surface area contributed by atoms with Crippen LogP contribution in [0.1, 0.15) is 25.7 Å². The second kappa shape index (κ2) is 5.43. The van der Waals surface area contributed by atoms with Gasteiger partial charge < -0.3 is 11.5 Å². The van der Waals surface area contributed by atoms with E-state index >= 15 is 0 Å². The lowest BCUT2D eigenvalue weighted by molar-refractivity contribution is -0.178. The molecule has 1 saturated carbocycles. The number of carbonyl (C=O) groups excluding carboxylic acids is 4. The van der Waals surface area contributed by atoms with Gasteiger partial charge in [0.2, 0.25) is 11.8 Å². The maximum Gasteiger partial charge on any atom is 0.260 e. The van der Waals surface area contributed by atoms with Crippen molar-refractivity contribution in [2.45, 2.75) is 25.7 Å². The normalized spacial score (nSPS) is 19.7. The highest BCUT2D eigenvalue weighted by atomic mass is 16.5. The van der Waals surface area contributed by atoms with Crippen molar-refractivity contribution in [3.63, 3.8) is 0 Å². The van der Waals surface area contributed by atoms with Gasteiger partial charge >= 0.3 is 0 Å². The number of hydrogen-bond acceptors (Lipinski definition) is 6. The van der Waals surface area contributed by atoms with E-state index in [0.29, 0.717) is 12.8 Å². The minimum Gasteiger partial charge on any atom is -0.369 e. The van der Waals surface area contributed by atoms with Crippen molar-refractivity contribution >= 4 is 23.6 Å². The third-order valence-electron chi connectivity index (χ3n) is 3.90. The van der Waals surface area contributed by atoms with Crippen LogP contribution in [0.3, 0.4) is 0 Å². The van der Waals surface area contributed by atoms with Crippen LogP contribution in [-0.4, -0.2) is 34.0 Å². The highest BCUT2D eigenvalue weighted by molar-refractivity contribution is 6.18. The van der Waals surface area contributed by atoms with Crippen molar-refractivity contribution in [3.05, 3.63) is 0 Å². The molecular weight excluding hydrogens is 272 g/mol. The Morgan fingerprint density at radius 3 is 1.45 bits per heavy atom. The van der Waals surface area contributed by atoms with Gasteiger partial charge in [-0.3, -0.25) is 29.6 Å². The van der Waals surface area contributed by atoms with Crippen molar-refractivity contribution in [2.24, 2.45) is 22.3 Å². The summed E-state index contributed by atoms with van der Waals surface area (Å²) in [7, 11) is 0. The molecular formula is C10H16N4O6. The number of primary amides is 2. The lowest BCUT2D eigenvalue weighted by Gasteiger charge is -2.45. The minimum atomic E-state index is -2.40. The molecule has 0 aliphatic heterocycles. The number of hydrogen-bond donors (Lipinski definition) is 6. The molecule has 20 heavy (non-hydrogen) atoms. The van der Waals surface area contributed by atoms with Crippen LogP contribution < -0.4 is 22.4 Å². The summed E-state index contributed by atoms with van der Waals surface area (Å²) in [5.74, 6) is -5.20. The van der Waals surface area contributed by atoms with E-state index in [2.05, 4.69) is 0 Å². The van der Waals surface area contributed by atoms with Gasteiger partial charge in [-0.15, -0.1) is 0 Å². The number of rotatable bonds is 4. The van der Waals surface area contributed by atoms with Crippen molar-refractivity contribution < 1.29 is 29.6 Å². The molecule has 0 bridgehead atoms. The lowest BCUT2D eigenvalue weighted by Crippen LogP contribution is -2.69. The number of nitrogens with two attached hydrogens (primary N) is 2. The second-order valence-corrected chi connectivity index (χ2v) is 4.63. The van der Waals surface area contributed by atoms with Crippen LogP contribution in [-0.2, 0) is 19.2 Å². The van der Waals surface area contributed by atoms with Crippen molar-refractivity contribution in [2.75, 3.05) is 0 Å². The van der Waals surface area contributed by atoms with Gasteiger partial charge in [0.15, 0.2) is 10.8 Å². The minimum absolute atomic E-state index is 0.238. The molecule has 0 atom stereocenters. The van der Waals surface area contributed by atoms with E-state index in [0.717, 1.165) is 0 Å². The Morgan fingerprint density at radius 2 is 1.15 bits per heavy atom. The van der Waals surface area contributed by atoms with E-state index in [9.17, 15) is 19.2 Å². The van der Waals surface area contributed by atoms with Gasteiger partial charge in [-0.05, 0) is 12.8 Å². The zero-order valence-electron chi connectivity index (χ0n) is 10.5. The molecule has 0 aromatic carbocycles. The first kappa shape index (κ1) is 15.9. The van der Waals surface area contributed by atoms with Gasteiger partial charge in [0.1, 0.15) is 0 Å². The van der Waals surface area contributed by atoms with Crippen LogP contribution in [0.15, 0.2) is 0 Å². The summed E-state index contributed by atoms with van der Waals surface area (Å²) in [5.41, 5.74) is 8.13. The average Bonchev–Trinajstić information content (AvgIpc) is 2.44. The second-order valence-electron chi connectivity index (χ2n) is 4.63. The fraction of sp³-hybridized carbons (Fsp3) is 0.600. The first-order valence-electron chi connectivity index (χ1n) is 5.80. The Hall–Kier alpha value is -2.20. The van der Waals surface area contributed by atoms with Gasteiger partial charge in [0, 0.05) is 0 Å². The lowest BCUT2D eigenvalue weighted by atomic mass is 9.54. The number of carbonyl (C=O) groups is 4. The smallest absolute Gasteiger partial charge is 0.260 e. The van der Waals surface area contributed by atoms with E-state index in [-0.39, 0.29) is 12.8 Å². The molecule has 0 aromatic heterocycles. The number of amides is 4. The van der Waals surface area contributed by atoms with Gasteiger partial charge in [0.25, 0.3) is 11.8 Å². The van der Waals surface area contributed by atoms with Crippen molar-refractivity contribution in [1.82, 2.24) is 11.0 Å². The van der Waals surface area contributed by atoms with Gasteiger partial charge in [-0.1, -0.05) is 12.8 Å². The predicted octanol–water partition coefficient (Wildman–Crippen LogP) is -2.49. The maximum atomic E-state index is 12.0. The molecule has 0 saturated heterocycles. The highest BCUT2D eigenvalue weighted by Crippen LogP contribution is 2.51. The van der Waals surface area contributed by atoms with Gasteiger partial charge in [0.05, 0.1) is 0 Å². The number of hydroxylamine groups is 2. The van der Waals surface area contributed by atoms with Crippen LogP contribution in [0.2, 0.25) is 0 Å². The van der Waals surface area contributed by atoms with Crippen LogP contribution in [0.5, 0.6) is 0 Å². The maximum absolute atomic E-state index is 12.0. The summed E-state index contributed by atoms with van der Waals surface area (Å²) in [5, 5.41) is 17.7. The van der Waals surface area contributed by atoms with E-state index in [1.54, 1.807) is 0 Å². The molecule has 1 rings (SSSR count). The Balaban J connectivity index is 3.65.